The van der Waals surface area contributed by atoms with Crippen molar-refractivity contribution in [1.82, 2.24) is 15.1 Å². The van der Waals surface area contributed by atoms with Gasteiger partial charge in [-0.1, -0.05) is 35.9 Å². The molecule has 2 aliphatic heterocycles. The molecule has 1 amide bonds. The molecule has 1 saturated heterocycles. The number of benzene rings is 3. The molecular formula is C28H26ClN5O3. The summed E-state index contributed by atoms with van der Waals surface area (Å²) >= 11 is 6.87. The average Bonchev–Trinajstić information content (AvgIpc) is 3.48. The van der Waals surface area contributed by atoms with Gasteiger partial charge in [-0.2, -0.15) is 5.10 Å². The number of ether oxygens (including phenoxy) is 2. The molecular weight excluding hydrogens is 490 g/mol. The molecule has 0 spiro atoms. The number of hydrogen-bond donors (Lipinski definition) is 3. The second-order valence-electron chi connectivity index (χ2n) is 9.20. The molecule has 0 bridgehead atoms. The SMILES string of the molecule is Cn1nc(Nc2cccc(-c3ccc4c(c3)OCCO4)c2Cl)c2ccc(C=C(N)[C@@H]3CCC(=O)N3)cc21. The number of rotatable bonds is 5. The summed E-state index contributed by atoms with van der Waals surface area (Å²) in [7, 11) is 1.90. The van der Waals surface area contributed by atoms with Crippen LogP contribution in [0.25, 0.3) is 28.1 Å². The molecule has 3 aromatic carbocycles. The van der Waals surface area contributed by atoms with Crippen molar-refractivity contribution >= 4 is 46.0 Å². The fourth-order valence-corrected chi connectivity index (χ4v) is 5.09. The molecule has 8 nitrogen and oxygen atoms in total. The van der Waals surface area contributed by atoms with Crippen LogP contribution in [-0.2, 0) is 11.8 Å². The molecule has 0 unspecified atom stereocenters. The minimum absolute atomic E-state index is 0.0378. The zero-order chi connectivity index (χ0) is 25.5. The van der Waals surface area contributed by atoms with Crippen molar-refractivity contribution in [3.8, 4) is 22.6 Å². The van der Waals surface area contributed by atoms with Crippen LogP contribution in [0.4, 0.5) is 11.5 Å². The van der Waals surface area contributed by atoms with Gasteiger partial charge in [-0.3, -0.25) is 9.48 Å². The third-order valence-electron chi connectivity index (χ3n) is 6.71. The number of aryl methyl sites for hydroxylation is 1. The maximum Gasteiger partial charge on any atom is 0.220 e. The van der Waals surface area contributed by atoms with Gasteiger partial charge in [0, 0.05) is 30.1 Å². The lowest BCUT2D eigenvalue weighted by molar-refractivity contribution is -0.119. The molecule has 1 fully saturated rings. The van der Waals surface area contributed by atoms with Gasteiger partial charge in [-0.15, -0.1) is 0 Å². The summed E-state index contributed by atoms with van der Waals surface area (Å²) in [5.41, 5.74) is 11.4. The van der Waals surface area contributed by atoms with Crippen molar-refractivity contribution in [3.05, 3.63) is 70.9 Å². The van der Waals surface area contributed by atoms with E-state index in [1.165, 1.54) is 0 Å². The molecule has 0 aliphatic carbocycles. The summed E-state index contributed by atoms with van der Waals surface area (Å²) in [6.07, 6.45) is 3.13. The minimum Gasteiger partial charge on any atom is -0.486 e. The lowest BCUT2D eigenvalue weighted by Crippen LogP contribution is -2.30. The fraction of sp³-hybridized carbons (Fsp3) is 0.214. The molecule has 4 N–H and O–H groups in total. The molecule has 0 radical (unpaired) electrons. The zero-order valence-corrected chi connectivity index (χ0v) is 21.0. The lowest BCUT2D eigenvalue weighted by Gasteiger charge is -2.19. The molecule has 2 aliphatic rings. The van der Waals surface area contributed by atoms with Gasteiger partial charge in [0.25, 0.3) is 0 Å². The van der Waals surface area contributed by atoms with Crippen LogP contribution in [0.5, 0.6) is 11.5 Å². The standard InChI is InChI=1S/C28H26ClN5O3/c1-34-23-14-16(13-20(30)21-8-10-26(35)31-21)5-7-19(23)28(33-34)32-22-4-2-3-18(27(22)29)17-6-9-24-25(15-17)37-12-11-36-24/h2-7,9,13-15,21H,8,10-12,30H2,1H3,(H,31,35)(H,32,33)/t21-/m0/s1. The number of nitrogens with two attached hydrogens (primary N) is 1. The highest BCUT2D eigenvalue weighted by Gasteiger charge is 2.22. The van der Waals surface area contributed by atoms with Crippen LogP contribution in [0, 0.1) is 0 Å². The number of carbonyl (C=O) groups is 1. The van der Waals surface area contributed by atoms with Gasteiger partial charge in [0.15, 0.2) is 17.3 Å². The van der Waals surface area contributed by atoms with E-state index in [4.69, 9.17) is 31.9 Å². The highest BCUT2D eigenvalue weighted by atomic mass is 35.5. The van der Waals surface area contributed by atoms with E-state index in [0.29, 0.717) is 36.2 Å². The Morgan fingerprint density at radius 2 is 2.00 bits per heavy atom. The Morgan fingerprint density at radius 3 is 2.81 bits per heavy atom. The van der Waals surface area contributed by atoms with E-state index in [0.717, 1.165) is 51.2 Å². The van der Waals surface area contributed by atoms with Gasteiger partial charge in [-0.05, 0) is 54.0 Å². The van der Waals surface area contributed by atoms with Gasteiger partial charge < -0.3 is 25.8 Å². The van der Waals surface area contributed by atoms with Gasteiger partial charge in [0.05, 0.1) is 22.3 Å². The first kappa shape index (κ1) is 23.2. The second kappa shape index (κ2) is 9.37. The number of nitrogens with one attached hydrogen (secondary N) is 2. The molecule has 6 rings (SSSR count). The fourth-order valence-electron chi connectivity index (χ4n) is 4.80. The number of carbonyl (C=O) groups excluding carboxylic acids is 1. The monoisotopic (exact) mass is 515 g/mol. The number of nitrogens with zero attached hydrogens (tertiary/aromatic N) is 2. The Bertz CT molecular complexity index is 1560. The molecule has 9 heteroatoms. The van der Waals surface area contributed by atoms with Crippen molar-refractivity contribution in [2.45, 2.75) is 18.9 Å². The van der Waals surface area contributed by atoms with E-state index in [-0.39, 0.29) is 11.9 Å². The van der Waals surface area contributed by atoms with Gasteiger partial charge in [0.2, 0.25) is 5.91 Å². The van der Waals surface area contributed by atoms with Crippen LogP contribution in [0.15, 0.2) is 60.3 Å². The van der Waals surface area contributed by atoms with E-state index in [1.807, 2.05) is 72.4 Å². The number of amides is 1. The summed E-state index contributed by atoms with van der Waals surface area (Å²) in [4.78, 5) is 11.5. The normalized spacial score (nSPS) is 17.2. The molecule has 37 heavy (non-hydrogen) atoms. The smallest absolute Gasteiger partial charge is 0.220 e. The maximum absolute atomic E-state index is 11.5. The quantitative estimate of drug-likeness (QED) is 0.346. The Kier molecular flexibility index (Phi) is 5.88. The summed E-state index contributed by atoms with van der Waals surface area (Å²) in [5, 5.41) is 12.6. The summed E-state index contributed by atoms with van der Waals surface area (Å²) < 4.78 is 13.2. The molecule has 3 heterocycles. The van der Waals surface area contributed by atoms with E-state index in [9.17, 15) is 4.79 Å². The van der Waals surface area contributed by atoms with Crippen molar-refractivity contribution < 1.29 is 14.3 Å². The topological polar surface area (TPSA) is 103 Å². The number of fused-ring (bicyclic) bond motifs is 2. The van der Waals surface area contributed by atoms with E-state index < -0.39 is 0 Å². The van der Waals surface area contributed by atoms with E-state index in [2.05, 4.69) is 10.6 Å². The van der Waals surface area contributed by atoms with Crippen LogP contribution >= 0.6 is 11.6 Å². The molecule has 4 aromatic rings. The molecule has 188 valence electrons. The highest BCUT2D eigenvalue weighted by molar-refractivity contribution is 6.36. The molecule has 0 saturated carbocycles. The minimum atomic E-state index is -0.115. The second-order valence-corrected chi connectivity index (χ2v) is 9.58. The first-order chi connectivity index (χ1) is 18.0. The van der Waals surface area contributed by atoms with Crippen molar-refractivity contribution in [3.63, 3.8) is 0 Å². The van der Waals surface area contributed by atoms with Crippen molar-refractivity contribution in [2.75, 3.05) is 18.5 Å². The number of halogens is 1. The predicted molar refractivity (Wildman–Crippen MR) is 145 cm³/mol. The Morgan fingerprint density at radius 1 is 1.16 bits per heavy atom. The van der Waals surface area contributed by atoms with Gasteiger partial charge >= 0.3 is 0 Å². The third kappa shape index (κ3) is 4.44. The number of aromatic nitrogens is 2. The summed E-state index contributed by atoms with van der Waals surface area (Å²) in [6, 6.07) is 17.6. The lowest BCUT2D eigenvalue weighted by atomic mass is 10.0. The van der Waals surface area contributed by atoms with Crippen LogP contribution < -0.4 is 25.8 Å². The van der Waals surface area contributed by atoms with Crippen LogP contribution in [-0.4, -0.2) is 34.9 Å². The first-order valence-corrected chi connectivity index (χ1v) is 12.5. The van der Waals surface area contributed by atoms with Gasteiger partial charge in [0.1, 0.15) is 13.2 Å². The zero-order valence-electron chi connectivity index (χ0n) is 20.3. The predicted octanol–water partition coefficient (Wildman–Crippen LogP) is 4.99. The Labute approximate surface area is 219 Å². The van der Waals surface area contributed by atoms with Crippen LogP contribution in [0.2, 0.25) is 5.02 Å². The molecule has 1 aromatic heterocycles. The Hall–Kier alpha value is -4.17. The number of anilines is 2. The van der Waals surface area contributed by atoms with Crippen molar-refractivity contribution in [1.29, 1.82) is 0 Å². The first-order valence-electron chi connectivity index (χ1n) is 12.1. The van der Waals surface area contributed by atoms with Gasteiger partial charge in [-0.25, -0.2) is 0 Å². The number of hydrogen-bond acceptors (Lipinski definition) is 6. The van der Waals surface area contributed by atoms with E-state index >= 15 is 0 Å². The van der Waals surface area contributed by atoms with Crippen LogP contribution in [0.3, 0.4) is 0 Å². The Balaban J connectivity index is 1.29. The highest BCUT2D eigenvalue weighted by Crippen LogP contribution is 2.40. The van der Waals surface area contributed by atoms with Crippen molar-refractivity contribution in [2.24, 2.45) is 12.8 Å². The van der Waals surface area contributed by atoms with E-state index in [1.54, 1.807) is 0 Å². The third-order valence-corrected chi connectivity index (χ3v) is 7.12. The van der Waals surface area contributed by atoms with Crippen LogP contribution in [0.1, 0.15) is 18.4 Å². The largest absolute Gasteiger partial charge is 0.486 e. The molecule has 1 atom stereocenters. The maximum atomic E-state index is 11.5. The average molecular weight is 516 g/mol. The summed E-state index contributed by atoms with van der Waals surface area (Å²) in [5.74, 6) is 2.19. The summed E-state index contributed by atoms with van der Waals surface area (Å²) in [6.45, 7) is 1.08.